The van der Waals surface area contributed by atoms with Crippen LogP contribution in [0.5, 0.6) is 5.75 Å². The van der Waals surface area contributed by atoms with E-state index in [-0.39, 0.29) is 19.1 Å². The number of benzene rings is 1. The summed E-state index contributed by atoms with van der Waals surface area (Å²) in [6, 6.07) is 6.99. The fourth-order valence-electron chi connectivity index (χ4n) is 2.67. The van der Waals surface area contributed by atoms with Crippen molar-refractivity contribution in [1.82, 2.24) is 10.2 Å². The number of rotatable bonds is 7. The van der Waals surface area contributed by atoms with Crippen LogP contribution in [0.2, 0.25) is 0 Å². The van der Waals surface area contributed by atoms with Gasteiger partial charge in [0.1, 0.15) is 24.0 Å². The molecular weight excluding hydrogens is 296 g/mol. The highest BCUT2D eigenvalue weighted by Gasteiger charge is 2.47. The number of nitrogens with zero attached hydrogens (tertiary/aromatic N) is 1. The second-order valence-corrected chi connectivity index (χ2v) is 6.21. The Kier molecular flexibility index (Phi) is 5.26. The first-order chi connectivity index (χ1) is 10.9. The van der Waals surface area contributed by atoms with E-state index in [0.717, 1.165) is 16.9 Å². The van der Waals surface area contributed by atoms with E-state index in [1.807, 2.05) is 38.1 Å². The molecule has 1 aliphatic heterocycles. The van der Waals surface area contributed by atoms with E-state index in [9.17, 15) is 14.7 Å². The Morgan fingerprint density at radius 1 is 1.30 bits per heavy atom. The van der Waals surface area contributed by atoms with Crippen molar-refractivity contribution in [2.24, 2.45) is 0 Å². The maximum atomic E-state index is 12.4. The van der Waals surface area contributed by atoms with Gasteiger partial charge >= 0.3 is 6.03 Å². The van der Waals surface area contributed by atoms with Crippen LogP contribution in [0.3, 0.4) is 0 Å². The highest BCUT2D eigenvalue weighted by atomic mass is 16.5. The summed E-state index contributed by atoms with van der Waals surface area (Å²) < 4.78 is 5.48. The van der Waals surface area contributed by atoms with Crippen LogP contribution in [0.1, 0.15) is 32.3 Å². The van der Waals surface area contributed by atoms with E-state index >= 15 is 0 Å². The lowest BCUT2D eigenvalue weighted by molar-refractivity contribution is -0.132. The van der Waals surface area contributed by atoms with Crippen LogP contribution in [-0.4, -0.2) is 46.7 Å². The molecule has 3 amide bonds. The molecule has 2 rings (SSSR count). The number of urea groups is 1. The van der Waals surface area contributed by atoms with Gasteiger partial charge in [-0.05, 0) is 32.4 Å². The van der Waals surface area contributed by atoms with Crippen molar-refractivity contribution in [1.29, 1.82) is 0 Å². The molecule has 23 heavy (non-hydrogen) atoms. The minimum atomic E-state index is -0.935. The van der Waals surface area contributed by atoms with Crippen molar-refractivity contribution in [3.05, 3.63) is 29.8 Å². The van der Waals surface area contributed by atoms with E-state index in [1.54, 1.807) is 6.92 Å². The zero-order chi connectivity index (χ0) is 17.0. The Labute approximate surface area is 136 Å². The van der Waals surface area contributed by atoms with Crippen molar-refractivity contribution in [3.8, 4) is 5.75 Å². The zero-order valence-electron chi connectivity index (χ0n) is 13.8. The molecule has 1 aliphatic rings. The third-order valence-electron chi connectivity index (χ3n) is 3.95. The summed E-state index contributed by atoms with van der Waals surface area (Å²) >= 11 is 0. The first-order valence-corrected chi connectivity index (χ1v) is 7.87. The van der Waals surface area contributed by atoms with Gasteiger partial charge < -0.3 is 15.2 Å². The standard InChI is InChI=1S/C17H24N2O4/c1-4-9-17(3)15(21)19(16(22)18-17)10-13(20)11-23-14-7-5-12(2)6-8-14/h5-8,13,20H,4,9-11H2,1-3H3,(H,18,22)/t13-,17-/m0/s1. The number of nitrogens with one attached hydrogen (secondary N) is 1. The molecule has 2 atom stereocenters. The fraction of sp³-hybridized carbons (Fsp3) is 0.529. The molecule has 0 radical (unpaired) electrons. The van der Waals surface area contributed by atoms with Gasteiger partial charge in [-0.2, -0.15) is 0 Å². The van der Waals surface area contributed by atoms with Crippen LogP contribution < -0.4 is 10.1 Å². The third kappa shape index (κ3) is 4.01. The lowest BCUT2D eigenvalue weighted by atomic mass is 9.96. The fourth-order valence-corrected chi connectivity index (χ4v) is 2.67. The average Bonchev–Trinajstić information content (AvgIpc) is 2.70. The molecule has 126 valence electrons. The summed E-state index contributed by atoms with van der Waals surface area (Å²) in [6.07, 6.45) is 0.425. The lowest BCUT2D eigenvalue weighted by Gasteiger charge is -2.22. The Hall–Kier alpha value is -2.08. The summed E-state index contributed by atoms with van der Waals surface area (Å²) in [5.41, 5.74) is 0.246. The number of aliphatic hydroxyl groups excluding tert-OH is 1. The van der Waals surface area contributed by atoms with Crippen molar-refractivity contribution < 1.29 is 19.4 Å². The van der Waals surface area contributed by atoms with Crippen LogP contribution in [0, 0.1) is 6.92 Å². The number of carbonyl (C=O) groups is 2. The van der Waals surface area contributed by atoms with Gasteiger partial charge in [-0.25, -0.2) is 4.79 Å². The molecule has 1 saturated heterocycles. The van der Waals surface area contributed by atoms with E-state index in [0.29, 0.717) is 12.2 Å². The molecule has 6 heteroatoms. The Bertz CT molecular complexity index is 572. The van der Waals surface area contributed by atoms with E-state index in [2.05, 4.69) is 5.32 Å². The Balaban J connectivity index is 1.89. The molecule has 1 fully saturated rings. The van der Waals surface area contributed by atoms with Gasteiger partial charge in [-0.15, -0.1) is 0 Å². The average molecular weight is 320 g/mol. The molecule has 1 aromatic rings. The Morgan fingerprint density at radius 3 is 2.57 bits per heavy atom. The number of hydrogen-bond acceptors (Lipinski definition) is 4. The molecular formula is C17H24N2O4. The highest BCUT2D eigenvalue weighted by molar-refractivity contribution is 6.06. The van der Waals surface area contributed by atoms with Gasteiger partial charge in [0.05, 0.1) is 6.54 Å². The molecule has 0 aromatic heterocycles. The SMILES string of the molecule is CCC[C@]1(C)NC(=O)N(C[C@H](O)COc2ccc(C)cc2)C1=O. The molecule has 6 nitrogen and oxygen atoms in total. The summed E-state index contributed by atoms with van der Waals surface area (Å²) in [5, 5.41) is 12.8. The number of imide groups is 1. The first kappa shape index (κ1) is 17.3. The summed E-state index contributed by atoms with van der Waals surface area (Å²) in [5.74, 6) is 0.349. The highest BCUT2D eigenvalue weighted by Crippen LogP contribution is 2.22. The van der Waals surface area contributed by atoms with Crippen LogP contribution in [0.25, 0.3) is 0 Å². The first-order valence-electron chi connectivity index (χ1n) is 7.87. The lowest BCUT2D eigenvalue weighted by Crippen LogP contribution is -2.44. The molecule has 0 spiro atoms. The van der Waals surface area contributed by atoms with Gasteiger partial charge in [0, 0.05) is 0 Å². The molecule has 0 saturated carbocycles. The van der Waals surface area contributed by atoms with E-state index in [4.69, 9.17) is 4.74 Å². The van der Waals surface area contributed by atoms with E-state index < -0.39 is 17.7 Å². The van der Waals surface area contributed by atoms with Gasteiger partial charge in [0.25, 0.3) is 5.91 Å². The van der Waals surface area contributed by atoms with Gasteiger partial charge in [0.2, 0.25) is 0 Å². The van der Waals surface area contributed by atoms with Crippen LogP contribution in [0.4, 0.5) is 4.79 Å². The maximum absolute atomic E-state index is 12.4. The minimum absolute atomic E-state index is 0.0185. The monoisotopic (exact) mass is 320 g/mol. The molecule has 1 heterocycles. The number of hydrogen-bond donors (Lipinski definition) is 2. The second-order valence-electron chi connectivity index (χ2n) is 6.21. The third-order valence-corrected chi connectivity index (χ3v) is 3.95. The minimum Gasteiger partial charge on any atom is -0.491 e. The summed E-state index contributed by atoms with van der Waals surface area (Å²) in [4.78, 5) is 25.4. The van der Waals surface area contributed by atoms with Gasteiger partial charge in [-0.1, -0.05) is 31.0 Å². The van der Waals surface area contributed by atoms with Crippen molar-refractivity contribution in [2.45, 2.75) is 45.3 Å². The van der Waals surface area contributed by atoms with Crippen LogP contribution in [-0.2, 0) is 4.79 Å². The van der Waals surface area contributed by atoms with Crippen molar-refractivity contribution in [3.63, 3.8) is 0 Å². The molecule has 0 aliphatic carbocycles. The predicted octanol–water partition coefficient (Wildman–Crippen LogP) is 1.85. The number of aryl methyl sites for hydroxylation is 1. The molecule has 0 bridgehead atoms. The number of β-amino-alcohol motifs (C(OH)–C–C–N with tert-alkyl or cyclic N) is 1. The van der Waals surface area contributed by atoms with Crippen LogP contribution >= 0.6 is 0 Å². The number of ether oxygens (including phenoxy) is 1. The Morgan fingerprint density at radius 2 is 1.96 bits per heavy atom. The number of carbonyl (C=O) groups excluding carboxylic acids is 2. The molecule has 0 unspecified atom stereocenters. The summed E-state index contributed by atoms with van der Waals surface area (Å²) in [7, 11) is 0. The summed E-state index contributed by atoms with van der Waals surface area (Å²) in [6.45, 7) is 5.59. The van der Waals surface area contributed by atoms with Crippen molar-refractivity contribution >= 4 is 11.9 Å². The quantitative estimate of drug-likeness (QED) is 0.752. The zero-order valence-corrected chi connectivity index (χ0v) is 13.8. The largest absolute Gasteiger partial charge is 0.491 e. The predicted molar refractivity (Wildman–Crippen MR) is 86.2 cm³/mol. The maximum Gasteiger partial charge on any atom is 0.325 e. The topological polar surface area (TPSA) is 78.9 Å². The van der Waals surface area contributed by atoms with Crippen molar-refractivity contribution in [2.75, 3.05) is 13.2 Å². The molecule has 2 N–H and O–H groups in total. The normalized spacial score (nSPS) is 22.2. The smallest absolute Gasteiger partial charge is 0.325 e. The molecule has 1 aromatic carbocycles. The van der Waals surface area contributed by atoms with E-state index in [1.165, 1.54) is 0 Å². The van der Waals surface area contributed by atoms with Crippen LogP contribution in [0.15, 0.2) is 24.3 Å². The second kappa shape index (κ2) is 7.00. The van der Waals surface area contributed by atoms with Gasteiger partial charge in [0.15, 0.2) is 0 Å². The number of aliphatic hydroxyl groups is 1. The van der Waals surface area contributed by atoms with Gasteiger partial charge in [-0.3, -0.25) is 9.69 Å². The number of amides is 3.